The Hall–Kier alpha value is -4.03. The third-order valence-electron chi connectivity index (χ3n) is 7.67. The number of aromatic amines is 1. The highest BCUT2D eigenvalue weighted by Gasteiger charge is 2.42. The molecule has 42 heavy (non-hydrogen) atoms. The molecule has 0 spiro atoms. The monoisotopic (exact) mass is 592 g/mol. The lowest BCUT2D eigenvalue weighted by Gasteiger charge is -2.28. The Balaban J connectivity index is 1.32. The summed E-state index contributed by atoms with van der Waals surface area (Å²) in [6, 6.07) is 9.21. The minimum Gasteiger partial charge on any atom is -0.479 e. The second-order valence-electron chi connectivity index (χ2n) is 11.1. The topological polar surface area (TPSA) is 138 Å². The van der Waals surface area contributed by atoms with Crippen LogP contribution < -0.4 is 4.74 Å². The summed E-state index contributed by atoms with van der Waals surface area (Å²) in [6.07, 6.45) is -0.418. The maximum atomic E-state index is 13.8. The summed E-state index contributed by atoms with van der Waals surface area (Å²) in [5.74, 6) is -0.00161. The molecule has 3 atom stereocenters. The van der Waals surface area contributed by atoms with Gasteiger partial charge in [0.25, 0.3) is 11.8 Å². The summed E-state index contributed by atoms with van der Waals surface area (Å²) in [6.45, 7) is 8.20. The summed E-state index contributed by atoms with van der Waals surface area (Å²) >= 11 is 1.60. The quantitative estimate of drug-likeness (QED) is 0.290. The fourth-order valence-corrected chi connectivity index (χ4v) is 6.27. The number of likely N-dealkylation sites (tertiary alicyclic amines) is 1. The maximum absolute atomic E-state index is 13.8. The number of hydrogen-bond donors (Lipinski definition) is 2. The molecule has 12 heteroatoms. The molecule has 2 amide bonds. The number of carbonyl (C=O) groups is 2. The summed E-state index contributed by atoms with van der Waals surface area (Å²) in [5, 5.41) is 14.4. The Labute approximate surface area is 248 Å². The van der Waals surface area contributed by atoms with E-state index in [9.17, 15) is 14.7 Å². The Morgan fingerprint density at radius 2 is 2.00 bits per heavy atom. The molecule has 3 aromatic heterocycles. The van der Waals surface area contributed by atoms with Gasteiger partial charge in [-0.25, -0.2) is 9.97 Å². The zero-order chi connectivity index (χ0) is 30.1. The van der Waals surface area contributed by atoms with E-state index in [-0.39, 0.29) is 24.3 Å². The van der Waals surface area contributed by atoms with Crippen LogP contribution in [0.5, 0.6) is 5.88 Å². The van der Waals surface area contributed by atoms with Crippen LogP contribution >= 0.6 is 11.3 Å². The number of thiazole rings is 1. The van der Waals surface area contributed by atoms with Crippen LogP contribution in [0, 0.1) is 19.8 Å². The number of nitrogens with one attached hydrogen (secondary N) is 1. The van der Waals surface area contributed by atoms with Crippen molar-refractivity contribution in [2.75, 3.05) is 20.7 Å². The Kier molecular flexibility index (Phi) is 8.46. The van der Waals surface area contributed by atoms with Crippen molar-refractivity contribution in [3.63, 3.8) is 0 Å². The number of aryl methyl sites for hydroxylation is 2. The van der Waals surface area contributed by atoms with Crippen molar-refractivity contribution in [1.29, 1.82) is 0 Å². The van der Waals surface area contributed by atoms with Gasteiger partial charge in [0, 0.05) is 38.3 Å². The zero-order valence-electron chi connectivity index (χ0n) is 24.6. The molecule has 11 nitrogen and oxygen atoms in total. The highest BCUT2D eigenvalue weighted by molar-refractivity contribution is 7.13. The number of carbonyl (C=O) groups excluding carboxylic acids is 2. The van der Waals surface area contributed by atoms with Gasteiger partial charge in [0.2, 0.25) is 5.91 Å². The third kappa shape index (κ3) is 5.82. The number of benzene rings is 1. The van der Waals surface area contributed by atoms with Gasteiger partial charge in [0.15, 0.2) is 5.76 Å². The molecule has 0 aliphatic carbocycles. The number of methoxy groups -OCH3 is 1. The number of β-amino-alcohol motifs (C(OH)–C–C–N with tert-alkyl or cyclic N) is 1. The van der Waals surface area contributed by atoms with E-state index < -0.39 is 18.1 Å². The van der Waals surface area contributed by atoms with Crippen molar-refractivity contribution in [2.45, 2.75) is 58.7 Å². The molecule has 0 saturated carbocycles. The number of aliphatic hydroxyl groups is 1. The largest absolute Gasteiger partial charge is 0.479 e. The predicted molar refractivity (Wildman–Crippen MR) is 157 cm³/mol. The molecular formula is C30H36N6O5S. The number of ether oxygens (including phenoxy) is 1. The number of aromatic nitrogens is 4. The van der Waals surface area contributed by atoms with Crippen LogP contribution in [-0.2, 0) is 11.3 Å². The summed E-state index contributed by atoms with van der Waals surface area (Å²) < 4.78 is 10.6. The number of aliphatic hydroxyl groups excluding tert-OH is 1. The van der Waals surface area contributed by atoms with Crippen LogP contribution in [0.4, 0.5) is 0 Å². The molecule has 1 unspecified atom stereocenters. The van der Waals surface area contributed by atoms with E-state index in [4.69, 9.17) is 9.26 Å². The molecule has 0 radical (unpaired) electrons. The lowest BCUT2D eigenvalue weighted by molar-refractivity contribution is -0.135. The van der Waals surface area contributed by atoms with E-state index in [0.717, 1.165) is 21.7 Å². The average Bonchev–Trinajstić information content (AvgIpc) is 3.76. The van der Waals surface area contributed by atoms with Crippen LogP contribution in [0.3, 0.4) is 0 Å². The van der Waals surface area contributed by atoms with Crippen LogP contribution in [0.25, 0.3) is 10.4 Å². The van der Waals surface area contributed by atoms with E-state index in [1.54, 1.807) is 41.2 Å². The molecular weight excluding hydrogens is 556 g/mol. The van der Waals surface area contributed by atoms with Gasteiger partial charge < -0.3 is 29.2 Å². The molecule has 1 aliphatic rings. The van der Waals surface area contributed by atoms with Crippen LogP contribution in [0.2, 0.25) is 0 Å². The van der Waals surface area contributed by atoms with Crippen LogP contribution in [0.1, 0.15) is 71.3 Å². The number of H-pyrrole nitrogens is 1. The number of imidazole rings is 1. The van der Waals surface area contributed by atoms with Gasteiger partial charge in [-0.3, -0.25) is 9.59 Å². The first-order valence-corrected chi connectivity index (χ1v) is 14.8. The van der Waals surface area contributed by atoms with E-state index in [2.05, 4.69) is 20.1 Å². The second kappa shape index (κ2) is 12.1. The molecule has 222 valence electrons. The SMILES string of the molecule is COc1cc(C(C(=O)N2C[C@H](O)C[C@H]2c2nc(C(=O)N(C)Cc3ccc(-c4scnc4C)cc3)c(C)[nH]2)C(C)C)on1. The summed E-state index contributed by atoms with van der Waals surface area (Å²) in [7, 11) is 3.22. The van der Waals surface area contributed by atoms with E-state index >= 15 is 0 Å². The molecule has 0 bridgehead atoms. The molecule has 4 heterocycles. The zero-order valence-corrected chi connectivity index (χ0v) is 25.4. The van der Waals surface area contributed by atoms with Gasteiger partial charge in [-0.05, 0) is 36.0 Å². The number of nitrogens with zero attached hydrogens (tertiary/aromatic N) is 5. The van der Waals surface area contributed by atoms with Crippen molar-refractivity contribution in [1.82, 2.24) is 29.9 Å². The smallest absolute Gasteiger partial charge is 0.274 e. The van der Waals surface area contributed by atoms with E-state index in [0.29, 0.717) is 41.8 Å². The van der Waals surface area contributed by atoms with Crippen LogP contribution in [0.15, 0.2) is 40.4 Å². The molecule has 1 saturated heterocycles. The minimum atomic E-state index is -0.722. The van der Waals surface area contributed by atoms with Crippen molar-refractivity contribution < 1.29 is 24.0 Å². The fraction of sp³-hybridized carbons (Fsp3) is 0.433. The molecule has 1 aromatic carbocycles. The van der Waals surface area contributed by atoms with Gasteiger partial charge >= 0.3 is 0 Å². The fourth-order valence-electron chi connectivity index (χ4n) is 5.46. The first-order valence-electron chi connectivity index (χ1n) is 13.9. The van der Waals surface area contributed by atoms with Gasteiger partial charge in [0.1, 0.15) is 17.4 Å². The van der Waals surface area contributed by atoms with Crippen molar-refractivity contribution in [3.8, 4) is 16.3 Å². The molecule has 5 rings (SSSR count). The normalized spacial score (nSPS) is 17.6. The molecule has 1 aliphatic heterocycles. The number of amides is 2. The van der Waals surface area contributed by atoms with Gasteiger partial charge in [-0.1, -0.05) is 38.1 Å². The predicted octanol–water partition coefficient (Wildman–Crippen LogP) is 4.49. The molecule has 1 fully saturated rings. The highest BCUT2D eigenvalue weighted by Crippen LogP contribution is 2.37. The lowest BCUT2D eigenvalue weighted by atomic mass is 9.91. The van der Waals surface area contributed by atoms with E-state index in [1.807, 2.05) is 50.5 Å². The molecule has 2 N–H and O–H groups in total. The maximum Gasteiger partial charge on any atom is 0.274 e. The highest BCUT2D eigenvalue weighted by atomic mass is 32.1. The molecule has 4 aromatic rings. The average molecular weight is 593 g/mol. The summed E-state index contributed by atoms with van der Waals surface area (Å²) in [5.41, 5.74) is 5.82. The van der Waals surface area contributed by atoms with E-state index in [1.165, 1.54) is 7.11 Å². The van der Waals surface area contributed by atoms with Crippen molar-refractivity contribution >= 4 is 23.2 Å². The number of hydrogen-bond acceptors (Lipinski definition) is 9. The lowest BCUT2D eigenvalue weighted by Crippen LogP contribution is -2.37. The first kappa shape index (κ1) is 29.5. The third-order valence-corrected chi connectivity index (χ3v) is 8.64. The van der Waals surface area contributed by atoms with Crippen LogP contribution in [-0.4, -0.2) is 73.6 Å². The van der Waals surface area contributed by atoms with Gasteiger partial charge in [-0.15, -0.1) is 11.3 Å². The minimum absolute atomic E-state index is 0.0993. The standard InChI is InChI=1S/C30H36N6O5S/c1-16(2)25(23-12-24(40-6)34-41-23)29(38)36-14-21(37)11-22(36)28-32-17(3)26(33-28)30(39)35(5)13-19-7-9-20(10-8-19)27-18(4)31-15-42-27/h7-10,12,15-16,21-22,25,37H,11,13-14H2,1-6H3,(H,32,33)/t21-,22+,25?/m1/s1. The summed E-state index contributed by atoms with van der Waals surface area (Å²) in [4.78, 5) is 43.9. The Morgan fingerprint density at radius 1 is 1.26 bits per heavy atom. The van der Waals surface area contributed by atoms with Crippen molar-refractivity contribution in [2.24, 2.45) is 5.92 Å². The van der Waals surface area contributed by atoms with Crippen molar-refractivity contribution in [3.05, 3.63) is 70.1 Å². The number of rotatable bonds is 9. The Bertz CT molecular complexity index is 1560. The second-order valence-corrected chi connectivity index (χ2v) is 12.0. The van der Waals surface area contributed by atoms with Gasteiger partial charge in [-0.2, -0.15) is 0 Å². The first-order chi connectivity index (χ1) is 20.1. The van der Waals surface area contributed by atoms with Gasteiger partial charge in [0.05, 0.1) is 35.3 Å². The Morgan fingerprint density at radius 3 is 2.62 bits per heavy atom.